The zero-order valence-electron chi connectivity index (χ0n) is 20.3. The van der Waals surface area contributed by atoms with E-state index in [0.29, 0.717) is 41.3 Å². The normalized spacial score (nSPS) is 18.4. The van der Waals surface area contributed by atoms with Gasteiger partial charge >= 0.3 is 6.11 Å². The summed E-state index contributed by atoms with van der Waals surface area (Å²) in [7, 11) is 0. The molecule has 1 aliphatic rings. The van der Waals surface area contributed by atoms with E-state index in [9.17, 15) is 26.3 Å². The van der Waals surface area contributed by atoms with Gasteiger partial charge in [-0.2, -0.15) is 8.78 Å². The number of rotatable bonds is 5. The molecular formula is C28H26F6O2. The van der Waals surface area contributed by atoms with Gasteiger partial charge in [-0.05, 0) is 79.5 Å². The molecule has 1 saturated heterocycles. The molecular weight excluding hydrogens is 482 g/mol. The molecule has 0 spiro atoms. The molecule has 2 nitrogen and oxygen atoms in total. The molecule has 192 valence electrons. The van der Waals surface area contributed by atoms with Crippen LogP contribution in [0.5, 0.6) is 5.75 Å². The van der Waals surface area contributed by atoms with Gasteiger partial charge in [0.05, 0.1) is 6.10 Å². The Labute approximate surface area is 205 Å². The summed E-state index contributed by atoms with van der Waals surface area (Å²) in [5, 5.41) is 0. The Balaban J connectivity index is 1.66. The summed E-state index contributed by atoms with van der Waals surface area (Å²) in [6.07, 6.45) is -2.71. The molecule has 0 saturated carbocycles. The molecule has 0 bridgehead atoms. The van der Waals surface area contributed by atoms with Crippen molar-refractivity contribution in [1.82, 2.24) is 0 Å². The molecule has 3 aromatic rings. The Hall–Kier alpha value is -3.00. The van der Waals surface area contributed by atoms with Gasteiger partial charge in [-0.25, -0.2) is 17.6 Å². The quantitative estimate of drug-likeness (QED) is 0.322. The van der Waals surface area contributed by atoms with Crippen LogP contribution in [0.1, 0.15) is 53.7 Å². The Morgan fingerprint density at radius 1 is 0.806 bits per heavy atom. The van der Waals surface area contributed by atoms with Gasteiger partial charge in [0.1, 0.15) is 34.6 Å². The molecule has 0 aliphatic carbocycles. The first-order valence-corrected chi connectivity index (χ1v) is 11.6. The monoisotopic (exact) mass is 508 g/mol. The minimum absolute atomic E-state index is 0.0733. The van der Waals surface area contributed by atoms with Crippen LogP contribution in [0.15, 0.2) is 36.4 Å². The lowest BCUT2D eigenvalue weighted by Crippen LogP contribution is -2.25. The second-order valence-corrected chi connectivity index (χ2v) is 9.48. The smallest absolute Gasteiger partial charge is 0.429 e. The van der Waals surface area contributed by atoms with Gasteiger partial charge in [0.15, 0.2) is 0 Å². The van der Waals surface area contributed by atoms with Crippen LogP contribution in [0.3, 0.4) is 0 Å². The van der Waals surface area contributed by atoms with E-state index in [1.54, 1.807) is 13.8 Å². The molecule has 2 atom stereocenters. The highest BCUT2D eigenvalue weighted by Gasteiger charge is 2.41. The predicted octanol–water partition coefficient (Wildman–Crippen LogP) is 8.45. The van der Waals surface area contributed by atoms with Crippen molar-refractivity contribution >= 4 is 0 Å². The number of hydrogen-bond acceptors (Lipinski definition) is 2. The van der Waals surface area contributed by atoms with Crippen molar-refractivity contribution in [3.8, 4) is 16.9 Å². The third-order valence-corrected chi connectivity index (χ3v) is 6.55. The van der Waals surface area contributed by atoms with Crippen molar-refractivity contribution < 1.29 is 35.8 Å². The summed E-state index contributed by atoms with van der Waals surface area (Å²) in [6, 6.07) is 6.43. The first-order valence-electron chi connectivity index (χ1n) is 11.6. The number of benzene rings is 3. The van der Waals surface area contributed by atoms with Crippen LogP contribution in [0.2, 0.25) is 0 Å². The fourth-order valence-electron chi connectivity index (χ4n) is 4.66. The van der Waals surface area contributed by atoms with Gasteiger partial charge in [0.25, 0.3) is 0 Å². The number of ether oxygens (including phenoxy) is 2. The standard InChI is InChI=1S/C28H26F6O2/c1-14-5-6-25(35-13-14)18-7-15(2)26(16(3)8-18)19-9-23(31)27(24(32)10-19)28(33,34)36-20-11-21(29)17(4)22(30)12-20/h7-12,14,25H,5-6,13H2,1-4H3. The Morgan fingerprint density at radius 2 is 1.36 bits per heavy atom. The molecule has 3 aromatic carbocycles. The lowest BCUT2D eigenvalue weighted by Gasteiger charge is -2.28. The maximum absolute atomic E-state index is 14.9. The molecule has 1 heterocycles. The van der Waals surface area contributed by atoms with E-state index in [4.69, 9.17) is 4.74 Å². The van der Waals surface area contributed by atoms with Crippen LogP contribution in [0.4, 0.5) is 26.3 Å². The SMILES string of the molecule is Cc1cc(C2CCC(C)CO2)cc(C)c1-c1cc(F)c(C(F)(F)Oc2cc(F)c(C)c(F)c2)c(F)c1. The Bertz CT molecular complexity index is 1230. The third kappa shape index (κ3) is 5.09. The second-order valence-electron chi connectivity index (χ2n) is 9.48. The van der Waals surface area contributed by atoms with Gasteiger partial charge in [-0.15, -0.1) is 0 Å². The maximum atomic E-state index is 14.9. The minimum atomic E-state index is -4.52. The molecule has 36 heavy (non-hydrogen) atoms. The van der Waals surface area contributed by atoms with E-state index in [1.807, 2.05) is 12.1 Å². The molecule has 0 N–H and O–H groups in total. The summed E-state index contributed by atoms with van der Waals surface area (Å²) < 4.78 is 97.1. The average molecular weight is 509 g/mol. The summed E-state index contributed by atoms with van der Waals surface area (Å²) in [4.78, 5) is 0. The molecule has 4 rings (SSSR count). The van der Waals surface area contributed by atoms with E-state index in [2.05, 4.69) is 11.7 Å². The van der Waals surface area contributed by atoms with Crippen molar-refractivity contribution in [2.45, 2.75) is 52.7 Å². The highest BCUT2D eigenvalue weighted by molar-refractivity contribution is 5.72. The number of alkyl halides is 2. The lowest BCUT2D eigenvalue weighted by atomic mass is 9.89. The van der Waals surface area contributed by atoms with Crippen LogP contribution in [0, 0.1) is 50.0 Å². The van der Waals surface area contributed by atoms with Crippen LogP contribution in [0.25, 0.3) is 11.1 Å². The second kappa shape index (κ2) is 9.81. The predicted molar refractivity (Wildman–Crippen MR) is 124 cm³/mol. The third-order valence-electron chi connectivity index (χ3n) is 6.55. The van der Waals surface area contributed by atoms with Gasteiger partial charge in [-0.3, -0.25) is 0 Å². The summed E-state index contributed by atoms with van der Waals surface area (Å²) in [5.74, 6) is -5.76. The minimum Gasteiger partial charge on any atom is -0.429 e. The topological polar surface area (TPSA) is 18.5 Å². The maximum Gasteiger partial charge on any atom is 0.432 e. The van der Waals surface area contributed by atoms with Gasteiger partial charge in [0.2, 0.25) is 0 Å². The van der Waals surface area contributed by atoms with E-state index < -0.39 is 46.3 Å². The number of halogens is 6. The zero-order valence-corrected chi connectivity index (χ0v) is 20.3. The van der Waals surface area contributed by atoms with Gasteiger partial charge < -0.3 is 9.47 Å². The molecule has 0 amide bonds. The van der Waals surface area contributed by atoms with Crippen molar-refractivity contribution in [1.29, 1.82) is 0 Å². The first-order chi connectivity index (χ1) is 16.9. The largest absolute Gasteiger partial charge is 0.432 e. The molecule has 8 heteroatoms. The zero-order chi connectivity index (χ0) is 26.4. The fourth-order valence-corrected chi connectivity index (χ4v) is 4.66. The lowest BCUT2D eigenvalue weighted by molar-refractivity contribution is -0.189. The van der Waals surface area contributed by atoms with E-state index >= 15 is 0 Å². The van der Waals surface area contributed by atoms with Crippen LogP contribution in [-0.2, 0) is 10.8 Å². The Morgan fingerprint density at radius 3 is 1.86 bits per heavy atom. The number of hydrogen-bond donors (Lipinski definition) is 0. The van der Waals surface area contributed by atoms with E-state index in [-0.39, 0.29) is 11.7 Å². The average Bonchev–Trinajstić information content (AvgIpc) is 2.76. The van der Waals surface area contributed by atoms with Crippen molar-refractivity contribution in [3.05, 3.63) is 87.5 Å². The van der Waals surface area contributed by atoms with Crippen molar-refractivity contribution in [3.63, 3.8) is 0 Å². The summed E-state index contributed by atoms with van der Waals surface area (Å²) in [5.41, 5.74) is 0.935. The Kier molecular flexibility index (Phi) is 7.10. The van der Waals surface area contributed by atoms with Crippen LogP contribution in [-0.4, -0.2) is 6.61 Å². The molecule has 1 aliphatic heterocycles. The van der Waals surface area contributed by atoms with Crippen LogP contribution >= 0.6 is 0 Å². The highest BCUT2D eigenvalue weighted by atomic mass is 19.3. The van der Waals surface area contributed by atoms with Gasteiger partial charge in [-0.1, -0.05) is 19.1 Å². The van der Waals surface area contributed by atoms with Crippen LogP contribution < -0.4 is 4.74 Å². The molecule has 0 aromatic heterocycles. The molecule has 1 fully saturated rings. The molecule has 2 unspecified atom stereocenters. The van der Waals surface area contributed by atoms with Gasteiger partial charge in [0, 0.05) is 24.3 Å². The van der Waals surface area contributed by atoms with E-state index in [0.717, 1.165) is 37.5 Å². The van der Waals surface area contributed by atoms with E-state index in [1.165, 1.54) is 0 Å². The summed E-state index contributed by atoms with van der Waals surface area (Å²) in [6.45, 7) is 7.44. The van der Waals surface area contributed by atoms with Crippen molar-refractivity contribution in [2.75, 3.05) is 6.61 Å². The fraction of sp³-hybridized carbons (Fsp3) is 0.357. The molecule has 0 radical (unpaired) electrons. The summed E-state index contributed by atoms with van der Waals surface area (Å²) >= 11 is 0. The van der Waals surface area contributed by atoms with Crippen molar-refractivity contribution in [2.24, 2.45) is 5.92 Å². The number of aryl methyl sites for hydroxylation is 2. The highest BCUT2D eigenvalue weighted by Crippen LogP contribution is 2.40. The first kappa shape index (κ1) is 26.1.